The number of hydrogen-bond acceptors (Lipinski definition) is 7. The molecule has 0 N–H and O–H groups in total. The largest absolute Gasteiger partial charge is 0.481 e. The first-order valence-corrected chi connectivity index (χ1v) is 8.84. The van der Waals surface area contributed by atoms with Gasteiger partial charge in [0.1, 0.15) is 5.82 Å². The third-order valence-corrected chi connectivity index (χ3v) is 4.04. The number of methoxy groups -OCH3 is 3. The second kappa shape index (κ2) is 9.51. The fourth-order valence-corrected chi connectivity index (χ4v) is 2.69. The highest BCUT2D eigenvalue weighted by Gasteiger charge is 2.24. The van der Waals surface area contributed by atoms with E-state index in [9.17, 15) is 9.18 Å². The highest BCUT2D eigenvalue weighted by Crippen LogP contribution is 2.30. The van der Waals surface area contributed by atoms with Crippen molar-refractivity contribution in [3.63, 3.8) is 0 Å². The number of carbonyl (C=O) groups is 1. The maximum atomic E-state index is 14.0. The number of rotatable bonds is 7. The van der Waals surface area contributed by atoms with Crippen molar-refractivity contribution in [2.45, 2.75) is 0 Å². The Kier molecular flexibility index (Phi) is 6.59. The summed E-state index contributed by atoms with van der Waals surface area (Å²) < 4.78 is 34.9. The minimum Gasteiger partial charge on any atom is -0.481 e. The van der Waals surface area contributed by atoms with Crippen LogP contribution < -0.4 is 14.2 Å². The molecule has 0 unspecified atom stereocenters. The number of esters is 1. The molecule has 8 heteroatoms. The van der Waals surface area contributed by atoms with Crippen molar-refractivity contribution in [3.8, 4) is 17.8 Å². The van der Waals surface area contributed by atoms with Crippen molar-refractivity contribution in [1.82, 2.24) is 9.97 Å². The summed E-state index contributed by atoms with van der Waals surface area (Å²) in [5.74, 6) is -1.13. The van der Waals surface area contributed by atoms with Crippen molar-refractivity contribution in [2.24, 2.45) is 0 Å². The van der Waals surface area contributed by atoms with Crippen LogP contribution in [-0.2, 0) is 9.53 Å². The van der Waals surface area contributed by atoms with Crippen LogP contribution in [0.4, 0.5) is 4.39 Å². The van der Waals surface area contributed by atoms with Crippen molar-refractivity contribution in [2.75, 3.05) is 21.3 Å². The van der Waals surface area contributed by atoms with E-state index in [4.69, 9.17) is 18.9 Å². The van der Waals surface area contributed by atoms with Gasteiger partial charge in [-0.1, -0.05) is 42.5 Å². The Morgan fingerprint density at radius 1 is 0.833 bits per heavy atom. The van der Waals surface area contributed by atoms with Gasteiger partial charge in [0.15, 0.2) is 0 Å². The summed E-state index contributed by atoms with van der Waals surface area (Å²) in [5.41, 5.74) is 1.34. The van der Waals surface area contributed by atoms with Crippen LogP contribution in [0.15, 0.2) is 66.4 Å². The molecule has 154 valence electrons. The molecule has 0 aliphatic rings. The molecule has 0 radical (unpaired) electrons. The number of nitrogens with zero attached hydrogens (tertiary/aromatic N) is 2. The van der Waals surface area contributed by atoms with Gasteiger partial charge in [-0.15, -0.1) is 0 Å². The first-order chi connectivity index (χ1) is 14.5. The van der Waals surface area contributed by atoms with E-state index in [-0.39, 0.29) is 23.5 Å². The van der Waals surface area contributed by atoms with Gasteiger partial charge in [-0.05, 0) is 23.3 Å². The molecule has 0 saturated heterocycles. The zero-order valence-electron chi connectivity index (χ0n) is 16.6. The van der Waals surface area contributed by atoms with Crippen LogP contribution in [0, 0.1) is 5.82 Å². The molecule has 3 rings (SSSR count). The Bertz CT molecular complexity index is 1050. The lowest BCUT2D eigenvalue weighted by Gasteiger charge is -2.15. The predicted octanol–water partition coefficient (Wildman–Crippen LogP) is 3.64. The van der Waals surface area contributed by atoms with Gasteiger partial charge in [-0.3, -0.25) is 0 Å². The highest BCUT2D eigenvalue weighted by molar-refractivity contribution is 6.00. The minimum atomic E-state index is -0.788. The molecule has 0 aliphatic carbocycles. The first kappa shape index (κ1) is 20.8. The number of aromatic nitrogens is 2. The highest BCUT2D eigenvalue weighted by atomic mass is 19.1. The second-order valence-corrected chi connectivity index (χ2v) is 5.91. The lowest BCUT2D eigenvalue weighted by molar-refractivity contribution is -0.138. The minimum absolute atomic E-state index is 0.174. The molecule has 0 aliphatic heterocycles. The van der Waals surface area contributed by atoms with Gasteiger partial charge >= 0.3 is 12.0 Å². The van der Waals surface area contributed by atoms with E-state index in [0.717, 1.165) is 0 Å². The van der Waals surface area contributed by atoms with E-state index in [2.05, 4.69) is 9.97 Å². The van der Waals surface area contributed by atoms with Gasteiger partial charge in [0.2, 0.25) is 17.5 Å². The summed E-state index contributed by atoms with van der Waals surface area (Å²) in [7, 11) is 4.06. The number of benzene rings is 2. The molecule has 30 heavy (non-hydrogen) atoms. The molecule has 2 aromatic carbocycles. The molecular formula is C22H19FN2O5. The van der Waals surface area contributed by atoms with Crippen LogP contribution in [0.2, 0.25) is 0 Å². The van der Waals surface area contributed by atoms with E-state index in [1.165, 1.54) is 45.6 Å². The smallest absolute Gasteiger partial charge is 0.374 e. The maximum Gasteiger partial charge on any atom is 0.374 e. The van der Waals surface area contributed by atoms with Crippen molar-refractivity contribution >= 4 is 11.5 Å². The molecule has 0 atom stereocenters. The first-order valence-electron chi connectivity index (χ1n) is 8.84. The molecule has 7 nitrogen and oxygen atoms in total. The Morgan fingerprint density at radius 3 is 2.03 bits per heavy atom. The monoisotopic (exact) mass is 410 g/mol. The molecule has 1 aromatic heterocycles. The SMILES string of the molecule is COC(=O)C(Oc1nc(OC)cc(OC)n1)=C(c1ccccc1)c1cccc(F)c1. The summed E-state index contributed by atoms with van der Waals surface area (Å²) in [6.07, 6.45) is 0. The van der Waals surface area contributed by atoms with Gasteiger partial charge in [-0.2, -0.15) is 9.97 Å². The lowest BCUT2D eigenvalue weighted by atomic mass is 9.96. The maximum absolute atomic E-state index is 14.0. The molecular weight excluding hydrogens is 391 g/mol. The van der Waals surface area contributed by atoms with Crippen molar-refractivity contribution in [1.29, 1.82) is 0 Å². The van der Waals surface area contributed by atoms with E-state index >= 15 is 0 Å². The van der Waals surface area contributed by atoms with Gasteiger partial charge in [-0.25, -0.2) is 9.18 Å². The zero-order chi connectivity index (χ0) is 21.5. The van der Waals surface area contributed by atoms with Crippen molar-refractivity contribution in [3.05, 3.63) is 83.4 Å². The number of halogens is 1. The summed E-state index contributed by atoms with van der Waals surface area (Å²) in [6.45, 7) is 0. The van der Waals surface area contributed by atoms with Gasteiger partial charge in [0.05, 0.1) is 27.4 Å². The summed E-state index contributed by atoms with van der Waals surface area (Å²) in [4.78, 5) is 20.9. The molecule has 0 saturated carbocycles. The number of hydrogen-bond donors (Lipinski definition) is 0. The number of ether oxygens (including phenoxy) is 4. The number of carbonyl (C=O) groups excluding carboxylic acids is 1. The molecule has 0 amide bonds. The van der Waals surface area contributed by atoms with E-state index in [1.807, 2.05) is 6.07 Å². The summed E-state index contributed by atoms with van der Waals surface area (Å²) >= 11 is 0. The Balaban J connectivity index is 2.24. The summed E-state index contributed by atoms with van der Waals surface area (Å²) in [6, 6.07) is 16.0. The normalized spacial score (nSPS) is 11.3. The van der Waals surface area contributed by atoms with Crippen LogP contribution in [0.1, 0.15) is 11.1 Å². The molecule has 0 fully saturated rings. The van der Waals surface area contributed by atoms with Crippen molar-refractivity contribution < 1.29 is 28.1 Å². The van der Waals surface area contributed by atoms with Crippen LogP contribution in [-0.4, -0.2) is 37.3 Å². The topological polar surface area (TPSA) is 79.8 Å². The van der Waals surface area contributed by atoms with Gasteiger partial charge in [0.25, 0.3) is 0 Å². The van der Waals surface area contributed by atoms with Crippen LogP contribution in [0.25, 0.3) is 5.57 Å². The Morgan fingerprint density at radius 2 is 1.47 bits per heavy atom. The second-order valence-electron chi connectivity index (χ2n) is 5.91. The van der Waals surface area contributed by atoms with E-state index < -0.39 is 11.8 Å². The third kappa shape index (κ3) is 4.72. The van der Waals surface area contributed by atoms with Crippen LogP contribution in [0.3, 0.4) is 0 Å². The fraction of sp³-hybridized carbons (Fsp3) is 0.136. The quantitative estimate of drug-likeness (QED) is 0.334. The zero-order valence-corrected chi connectivity index (χ0v) is 16.6. The van der Waals surface area contributed by atoms with Crippen LogP contribution >= 0.6 is 0 Å². The third-order valence-electron chi connectivity index (χ3n) is 4.04. The van der Waals surface area contributed by atoms with E-state index in [0.29, 0.717) is 16.7 Å². The summed E-state index contributed by atoms with van der Waals surface area (Å²) in [5, 5.41) is 0. The van der Waals surface area contributed by atoms with Gasteiger partial charge in [0, 0.05) is 5.57 Å². The predicted molar refractivity (Wildman–Crippen MR) is 107 cm³/mol. The van der Waals surface area contributed by atoms with Crippen LogP contribution in [0.5, 0.6) is 17.8 Å². The average molecular weight is 410 g/mol. The lowest BCUT2D eigenvalue weighted by Crippen LogP contribution is -2.15. The Hall–Kier alpha value is -3.94. The Labute approximate surface area is 172 Å². The van der Waals surface area contributed by atoms with E-state index in [1.54, 1.807) is 30.3 Å². The molecule has 1 heterocycles. The fourth-order valence-electron chi connectivity index (χ4n) is 2.69. The average Bonchev–Trinajstić information content (AvgIpc) is 2.78. The molecule has 0 spiro atoms. The molecule has 0 bridgehead atoms. The molecule has 3 aromatic rings. The van der Waals surface area contributed by atoms with Gasteiger partial charge < -0.3 is 18.9 Å². The standard InChI is InChI=1S/C22H19FN2O5/c1-27-17-13-18(28-2)25-22(24-17)30-20(21(26)29-3)19(14-8-5-4-6-9-14)15-10-7-11-16(23)12-15/h4-13H,1-3H3.